The van der Waals surface area contributed by atoms with Gasteiger partial charge in [-0.1, -0.05) is 47.5 Å². The minimum absolute atomic E-state index is 0.00360. The standard InChI is InChI=1S/C35H30Cl2FN5O4/c1-35(34(39)45)17-47-31-24(35)13-26(41-30(31)22-7-4-8-25(36)29(22)37)23(19-5-3-6-21(38)11-19)14-40-33(44)20-12-28(46-2)32-42-27(18-9-10-18)16-43(32)15-20/h3-8,11-13,15-16,18,23H,9-10,14,17H2,1-2H3,(H2,39,45)(H,40,44)/t23-,35-/m0/s1. The maximum absolute atomic E-state index is 14.6. The van der Waals surface area contributed by atoms with E-state index in [0.29, 0.717) is 61.7 Å². The first-order chi connectivity index (χ1) is 22.6. The molecule has 2 amide bonds. The highest BCUT2D eigenvalue weighted by molar-refractivity contribution is 6.43. The number of amides is 2. The summed E-state index contributed by atoms with van der Waals surface area (Å²) < 4.78 is 28.1. The molecule has 0 spiro atoms. The largest absolute Gasteiger partial charge is 0.493 e. The summed E-state index contributed by atoms with van der Waals surface area (Å²) in [5.41, 5.74) is 9.01. The predicted octanol–water partition coefficient (Wildman–Crippen LogP) is 6.43. The molecule has 0 saturated heterocycles. The lowest BCUT2D eigenvalue weighted by Gasteiger charge is -2.23. The normalized spacial score (nSPS) is 17.6. The molecule has 4 heterocycles. The second-order valence-electron chi connectivity index (χ2n) is 12.1. The molecule has 0 unspecified atom stereocenters. The number of primary amides is 1. The molecule has 3 N–H and O–H groups in total. The summed E-state index contributed by atoms with van der Waals surface area (Å²) in [6, 6.07) is 14.6. The number of pyridine rings is 2. The van der Waals surface area contributed by atoms with Crippen LogP contribution >= 0.6 is 23.2 Å². The molecule has 1 aliphatic carbocycles. The van der Waals surface area contributed by atoms with Crippen LogP contribution in [0, 0.1) is 5.82 Å². The van der Waals surface area contributed by atoms with Crippen molar-refractivity contribution in [1.82, 2.24) is 19.7 Å². The number of carbonyl (C=O) groups is 2. The van der Waals surface area contributed by atoms with E-state index in [-0.39, 0.29) is 24.1 Å². The predicted molar refractivity (Wildman–Crippen MR) is 176 cm³/mol. The van der Waals surface area contributed by atoms with Crippen LogP contribution in [0.15, 0.2) is 67.0 Å². The first kappa shape index (κ1) is 31.0. The van der Waals surface area contributed by atoms with Gasteiger partial charge in [-0.2, -0.15) is 0 Å². The van der Waals surface area contributed by atoms with Gasteiger partial charge >= 0.3 is 0 Å². The second kappa shape index (κ2) is 11.8. The number of aromatic nitrogens is 3. The van der Waals surface area contributed by atoms with Crippen LogP contribution < -0.4 is 20.5 Å². The SMILES string of the molecule is COc1cc(C(=O)NC[C@@H](c2cccc(F)c2)c2cc3c(c(-c4cccc(Cl)c4Cl)n2)OC[C@]3(C)C(N)=O)cn2cc(C3CC3)nc12. The molecule has 47 heavy (non-hydrogen) atoms. The molecule has 12 heteroatoms. The number of ether oxygens (including phenoxy) is 2. The van der Waals surface area contributed by atoms with Gasteiger partial charge in [0, 0.05) is 41.9 Å². The fourth-order valence-electron chi connectivity index (χ4n) is 6.00. The van der Waals surface area contributed by atoms with E-state index in [1.807, 2.05) is 6.20 Å². The van der Waals surface area contributed by atoms with Crippen molar-refractivity contribution >= 4 is 40.7 Å². The summed E-state index contributed by atoms with van der Waals surface area (Å²) in [6.07, 6.45) is 5.82. The van der Waals surface area contributed by atoms with Crippen molar-refractivity contribution in [2.24, 2.45) is 5.73 Å². The van der Waals surface area contributed by atoms with Crippen LogP contribution in [-0.4, -0.2) is 46.4 Å². The number of carbonyl (C=O) groups excluding carboxylic acids is 2. The molecule has 5 aromatic rings. The first-order valence-corrected chi connectivity index (χ1v) is 15.9. The van der Waals surface area contributed by atoms with Gasteiger partial charge in [-0.25, -0.2) is 14.4 Å². The summed E-state index contributed by atoms with van der Waals surface area (Å²) in [4.78, 5) is 36.1. The molecule has 1 aliphatic heterocycles. The fourth-order valence-corrected chi connectivity index (χ4v) is 6.39. The van der Waals surface area contributed by atoms with Gasteiger partial charge in [0.2, 0.25) is 5.91 Å². The number of rotatable bonds is 9. The smallest absolute Gasteiger partial charge is 0.252 e. The van der Waals surface area contributed by atoms with Crippen LogP contribution in [0.4, 0.5) is 4.39 Å². The number of hydrogen-bond acceptors (Lipinski definition) is 6. The summed E-state index contributed by atoms with van der Waals surface area (Å²) in [6.45, 7) is 1.72. The molecular formula is C35H30Cl2FN5O4. The van der Waals surface area contributed by atoms with Crippen molar-refractivity contribution in [3.05, 3.63) is 111 Å². The number of hydrogen-bond donors (Lipinski definition) is 2. The van der Waals surface area contributed by atoms with Crippen molar-refractivity contribution < 1.29 is 23.5 Å². The van der Waals surface area contributed by atoms with E-state index in [0.717, 1.165) is 18.5 Å². The number of benzene rings is 2. The quantitative estimate of drug-likeness (QED) is 0.186. The molecule has 9 nitrogen and oxygen atoms in total. The zero-order chi connectivity index (χ0) is 33.0. The Morgan fingerprint density at radius 1 is 1.15 bits per heavy atom. The molecule has 2 atom stereocenters. The number of methoxy groups -OCH3 is 1. The molecule has 0 bridgehead atoms. The van der Waals surface area contributed by atoms with Crippen LogP contribution in [-0.2, 0) is 10.2 Å². The van der Waals surface area contributed by atoms with Crippen LogP contribution in [0.3, 0.4) is 0 Å². The van der Waals surface area contributed by atoms with Gasteiger partial charge in [0.05, 0.1) is 34.1 Å². The van der Waals surface area contributed by atoms with E-state index in [2.05, 4.69) is 5.32 Å². The molecule has 2 aliphatic rings. The topological polar surface area (TPSA) is 121 Å². The summed E-state index contributed by atoms with van der Waals surface area (Å²) in [5, 5.41) is 3.56. The van der Waals surface area contributed by atoms with Gasteiger partial charge in [-0.3, -0.25) is 9.59 Å². The van der Waals surface area contributed by atoms with E-state index in [9.17, 15) is 14.0 Å². The molecular weight excluding hydrogens is 644 g/mol. The highest BCUT2D eigenvalue weighted by Crippen LogP contribution is 2.47. The molecule has 7 rings (SSSR count). The van der Waals surface area contributed by atoms with Gasteiger partial charge in [0.15, 0.2) is 11.4 Å². The van der Waals surface area contributed by atoms with E-state index >= 15 is 0 Å². The second-order valence-corrected chi connectivity index (χ2v) is 12.9. The summed E-state index contributed by atoms with van der Waals surface area (Å²) >= 11 is 13.0. The zero-order valence-corrected chi connectivity index (χ0v) is 27.0. The summed E-state index contributed by atoms with van der Waals surface area (Å²) in [7, 11) is 1.54. The lowest BCUT2D eigenvalue weighted by molar-refractivity contribution is -0.123. The molecule has 1 saturated carbocycles. The van der Waals surface area contributed by atoms with Crippen LogP contribution in [0.2, 0.25) is 10.0 Å². The average molecular weight is 675 g/mol. The monoisotopic (exact) mass is 673 g/mol. The molecule has 3 aromatic heterocycles. The Balaban J connectivity index is 1.31. The van der Waals surface area contributed by atoms with Crippen molar-refractivity contribution in [3.8, 4) is 22.8 Å². The van der Waals surface area contributed by atoms with Gasteiger partial charge in [0.1, 0.15) is 29.3 Å². The third kappa shape index (κ3) is 5.55. The van der Waals surface area contributed by atoms with E-state index < -0.39 is 23.1 Å². The third-order valence-corrected chi connectivity index (χ3v) is 9.75. The van der Waals surface area contributed by atoms with Gasteiger partial charge in [-0.05, 0) is 55.7 Å². The van der Waals surface area contributed by atoms with E-state index in [1.165, 1.54) is 19.2 Å². The van der Waals surface area contributed by atoms with Gasteiger partial charge in [-0.15, -0.1) is 0 Å². The van der Waals surface area contributed by atoms with Crippen LogP contribution in [0.1, 0.15) is 64.5 Å². The summed E-state index contributed by atoms with van der Waals surface area (Å²) in [5.74, 6) is -0.816. The highest BCUT2D eigenvalue weighted by Gasteiger charge is 2.44. The molecule has 240 valence electrons. The Labute approximate surface area is 279 Å². The van der Waals surface area contributed by atoms with Crippen molar-refractivity contribution in [2.75, 3.05) is 20.3 Å². The van der Waals surface area contributed by atoms with Gasteiger partial charge < -0.3 is 24.9 Å². The Bertz CT molecular complexity index is 2080. The fraction of sp³-hybridized carbons (Fsp3) is 0.257. The molecule has 1 fully saturated rings. The average Bonchev–Trinajstić information content (AvgIpc) is 3.73. The minimum atomic E-state index is -1.18. The van der Waals surface area contributed by atoms with E-state index in [4.69, 9.17) is 48.4 Å². The molecule has 2 aromatic carbocycles. The first-order valence-electron chi connectivity index (χ1n) is 15.1. The zero-order valence-electron chi connectivity index (χ0n) is 25.5. The number of nitrogens with one attached hydrogen (secondary N) is 1. The highest BCUT2D eigenvalue weighted by atomic mass is 35.5. The number of fused-ring (bicyclic) bond motifs is 2. The minimum Gasteiger partial charge on any atom is -0.493 e. The van der Waals surface area contributed by atoms with Crippen molar-refractivity contribution in [1.29, 1.82) is 0 Å². The number of nitrogens with two attached hydrogens (primary N) is 1. The Hall–Kier alpha value is -4.67. The lowest BCUT2D eigenvalue weighted by Crippen LogP contribution is -2.40. The molecule has 0 radical (unpaired) electrons. The van der Waals surface area contributed by atoms with Crippen LogP contribution in [0.25, 0.3) is 16.9 Å². The number of nitrogens with zero attached hydrogens (tertiary/aromatic N) is 3. The number of imidazole rings is 1. The maximum Gasteiger partial charge on any atom is 0.252 e. The Morgan fingerprint density at radius 3 is 2.66 bits per heavy atom. The van der Waals surface area contributed by atoms with Crippen LogP contribution in [0.5, 0.6) is 11.5 Å². The van der Waals surface area contributed by atoms with Crippen molar-refractivity contribution in [2.45, 2.75) is 37.0 Å². The Morgan fingerprint density at radius 2 is 1.94 bits per heavy atom. The lowest BCUT2D eigenvalue weighted by atomic mass is 9.81. The van der Waals surface area contributed by atoms with Gasteiger partial charge in [0.25, 0.3) is 5.91 Å². The van der Waals surface area contributed by atoms with E-state index in [1.54, 1.807) is 60.0 Å². The third-order valence-electron chi connectivity index (χ3n) is 8.93. The Kier molecular flexibility index (Phi) is 7.80. The maximum atomic E-state index is 14.6. The van der Waals surface area contributed by atoms with Crippen molar-refractivity contribution in [3.63, 3.8) is 0 Å². The number of halogens is 3.